The van der Waals surface area contributed by atoms with Gasteiger partial charge in [-0.2, -0.15) is 5.26 Å². The number of aromatic nitrogens is 2. The zero-order valence-corrected chi connectivity index (χ0v) is 13.3. The van der Waals surface area contributed by atoms with Crippen LogP contribution in [0.4, 0.5) is 11.6 Å². The SMILES string of the molecule is CNc1nccnc1NCCCNCCc1ccc(C#N)cc1. The lowest BCUT2D eigenvalue weighted by molar-refractivity contribution is 0.660. The standard InChI is InChI=1S/C17H22N6/c1-19-16-17(23-12-11-22-16)21-9-2-8-20-10-7-14-3-5-15(13-18)6-4-14/h3-6,11-12,20H,2,7-10H2,1H3,(H,19,22)(H,21,23). The lowest BCUT2D eigenvalue weighted by Gasteiger charge is -2.09. The molecule has 3 N–H and O–H groups in total. The summed E-state index contributed by atoms with van der Waals surface area (Å²) in [7, 11) is 1.83. The summed E-state index contributed by atoms with van der Waals surface area (Å²) in [4.78, 5) is 8.46. The zero-order valence-electron chi connectivity index (χ0n) is 13.3. The fourth-order valence-corrected chi connectivity index (χ4v) is 2.17. The number of benzene rings is 1. The quantitative estimate of drug-likeness (QED) is 0.614. The molecule has 1 heterocycles. The van der Waals surface area contributed by atoms with E-state index in [0.29, 0.717) is 5.56 Å². The molecule has 0 amide bonds. The first-order chi connectivity index (χ1) is 11.3. The highest BCUT2D eigenvalue weighted by Crippen LogP contribution is 2.12. The van der Waals surface area contributed by atoms with Crippen LogP contribution in [0.1, 0.15) is 17.5 Å². The Kier molecular flexibility index (Phi) is 6.82. The van der Waals surface area contributed by atoms with Gasteiger partial charge < -0.3 is 16.0 Å². The second-order valence-corrected chi connectivity index (χ2v) is 5.09. The summed E-state index contributed by atoms with van der Waals surface area (Å²) >= 11 is 0. The molecule has 0 bridgehead atoms. The molecule has 120 valence electrons. The van der Waals surface area contributed by atoms with Gasteiger partial charge in [0.2, 0.25) is 0 Å². The monoisotopic (exact) mass is 310 g/mol. The van der Waals surface area contributed by atoms with E-state index in [1.54, 1.807) is 12.4 Å². The van der Waals surface area contributed by atoms with Crippen LogP contribution in [0.5, 0.6) is 0 Å². The predicted molar refractivity (Wildman–Crippen MR) is 92.4 cm³/mol. The van der Waals surface area contributed by atoms with Crippen molar-refractivity contribution in [2.24, 2.45) is 0 Å². The molecule has 0 saturated heterocycles. The lowest BCUT2D eigenvalue weighted by atomic mass is 10.1. The summed E-state index contributed by atoms with van der Waals surface area (Å²) in [6.45, 7) is 2.72. The van der Waals surface area contributed by atoms with Crippen LogP contribution in [-0.2, 0) is 6.42 Å². The molecule has 0 fully saturated rings. The normalized spacial score (nSPS) is 10.1. The number of hydrogen-bond acceptors (Lipinski definition) is 6. The molecule has 0 radical (unpaired) electrons. The van der Waals surface area contributed by atoms with Crippen LogP contribution in [-0.4, -0.2) is 36.6 Å². The van der Waals surface area contributed by atoms with E-state index >= 15 is 0 Å². The first-order valence-corrected chi connectivity index (χ1v) is 7.76. The van der Waals surface area contributed by atoms with Crippen molar-refractivity contribution < 1.29 is 0 Å². The van der Waals surface area contributed by atoms with Crippen molar-refractivity contribution in [1.29, 1.82) is 5.26 Å². The summed E-state index contributed by atoms with van der Waals surface area (Å²) in [5.41, 5.74) is 1.95. The molecule has 23 heavy (non-hydrogen) atoms. The van der Waals surface area contributed by atoms with Gasteiger partial charge in [-0.25, -0.2) is 9.97 Å². The lowest BCUT2D eigenvalue weighted by Crippen LogP contribution is -2.21. The number of nitrogens with zero attached hydrogens (tertiary/aromatic N) is 3. The largest absolute Gasteiger partial charge is 0.370 e. The highest BCUT2D eigenvalue weighted by Gasteiger charge is 2.01. The summed E-state index contributed by atoms with van der Waals surface area (Å²) in [6.07, 6.45) is 5.32. The molecule has 1 aromatic heterocycles. The molecule has 0 saturated carbocycles. The molecule has 2 rings (SSSR count). The van der Waals surface area contributed by atoms with Gasteiger partial charge in [0.15, 0.2) is 11.6 Å². The van der Waals surface area contributed by atoms with Crippen LogP contribution in [0.2, 0.25) is 0 Å². The van der Waals surface area contributed by atoms with Gasteiger partial charge in [0.1, 0.15) is 0 Å². The second-order valence-electron chi connectivity index (χ2n) is 5.09. The summed E-state index contributed by atoms with van der Waals surface area (Å²) in [6, 6.07) is 9.87. The fourth-order valence-electron chi connectivity index (χ4n) is 2.17. The maximum Gasteiger partial charge on any atom is 0.169 e. The van der Waals surface area contributed by atoms with Crippen LogP contribution >= 0.6 is 0 Å². The van der Waals surface area contributed by atoms with E-state index < -0.39 is 0 Å². The molecule has 6 nitrogen and oxygen atoms in total. The van der Waals surface area contributed by atoms with Gasteiger partial charge in [0, 0.05) is 26.0 Å². The molecule has 0 unspecified atom stereocenters. The number of rotatable bonds is 9. The van der Waals surface area contributed by atoms with Gasteiger partial charge in [-0.1, -0.05) is 12.1 Å². The molecule has 0 aliphatic heterocycles. The van der Waals surface area contributed by atoms with Crippen LogP contribution in [0, 0.1) is 11.3 Å². The van der Waals surface area contributed by atoms with Crippen LogP contribution in [0.15, 0.2) is 36.7 Å². The average molecular weight is 310 g/mol. The third kappa shape index (κ3) is 5.57. The van der Waals surface area contributed by atoms with E-state index in [-0.39, 0.29) is 0 Å². The van der Waals surface area contributed by atoms with Crippen LogP contribution < -0.4 is 16.0 Å². The van der Waals surface area contributed by atoms with Gasteiger partial charge in [0.05, 0.1) is 11.6 Å². The minimum atomic E-state index is 0.706. The average Bonchev–Trinajstić information content (AvgIpc) is 2.61. The molecular formula is C17H22N6. The first kappa shape index (κ1) is 16.7. The molecule has 1 aromatic carbocycles. The van der Waals surface area contributed by atoms with E-state index in [1.807, 2.05) is 31.3 Å². The molecule has 6 heteroatoms. The summed E-state index contributed by atoms with van der Waals surface area (Å²) in [5.74, 6) is 1.55. The molecule has 0 spiro atoms. The van der Waals surface area contributed by atoms with Crippen molar-refractivity contribution in [3.8, 4) is 6.07 Å². The molecule has 0 atom stereocenters. The zero-order chi connectivity index (χ0) is 16.3. The van der Waals surface area contributed by atoms with Gasteiger partial charge >= 0.3 is 0 Å². The maximum atomic E-state index is 8.76. The van der Waals surface area contributed by atoms with Crippen molar-refractivity contribution in [2.75, 3.05) is 37.3 Å². The Bertz CT molecular complexity index is 632. The number of anilines is 2. The molecule has 0 aliphatic carbocycles. The first-order valence-electron chi connectivity index (χ1n) is 7.76. The van der Waals surface area contributed by atoms with Crippen molar-refractivity contribution in [1.82, 2.24) is 15.3 Å². The number of hydrogen-bond donors (Lipinski definition) is 3. The van der Waals surface area contributed by atoms with Crippen molar-refractivity contribution in [3.05, 3.63) is 47.8 Å². The minimum Gasteiger partial charge on any atom is -0.370 e. The number of nitriles is 1. The Hall–Kier alpha value is -2.65. The maximum absolute atomic E-state index is 8.76. The van der Waals surface area contributed by atoms with Crippen molar-refractivity contribution in [2.45, 2.75) is 12.8 Å². The third-order valence-electron chi connectivity index (χ3n) is 3.43. The van der Waals surface area contributed by atoms with Gasteiger partial charge in [-0.3, -0.25) is 0 Å². The topological polar surface area (TPSA) is 85.7 Å². The smallest absolute Gasteiger partial charge is 0.169 e. The van der Waals surface area contributed by atoms with Gasteiger partial charge in [-0.05, 0) is 43.6 Å². The van der Waals surface area contributed by atoms with E-state index in [4.69, 9.17) is 5.26 Å². The fraction of sp³-hybridized carbons (Fsp3) is 0.353. The summed E-state index contributed by atoms with van der Waals surface area (Å²) in [5, 5.41) is 18.5. The van der Waals surface area contributed by atoms with Gasteiger partial charge in [-0.15, -0.1) is 0 Å². The summed E-state index contributed by atoms with van der Waals surface area (Å²) < 4.78 is 0. The van der Waals surface area contributed by atoms with E-state index in [2.05, 4.69) is 32.0 Å². The van der Waals surface area contributed by atoms with Gasteiger partial charge in [0.25, 0.3) is 0 Å². The Morgan fingerprint density at radius 1 is 1.00 bits per heavy atom. The Morgan fingerprint density at radius 2 is 1.74 bits per heavy atom. The predicted octanol–water partition coefficient (Wildman–Crippen LogP) is 2.02. The van der Waals surface area contributed by atoms with Crippen LogP contribution in [0.25, 0.3) is 0 Å². The Morgan fingerprint density at radius 3 is 2.43 bits per heavy atom. The minimum absolute atomic E-state index is 0.706. The second kappa shape index (κ2) is 9.38. The van der Waals surface area contributed by atoms with Crippen LogP contribution in [0.3, 0.4) is 0 Å². The highest BCUT2D eigenvalue weighted by atomic mass is 15.1. The van der Waals surface area contributed by atoms with Crippen molar-refractivity contribution in [3.63, 3.8) is 0 Å². The molecular weight excluding hydrogens is 288 g/mol. The van der Waals surface area contributed by atoms with E-state index in [1.165, 1.54) is 5.56 Å². The van der Waals surface area contributed by atoms with Crippen molar-refractivity contribution >= 4 is 11.6 Å². The highest BCUT2D eigenvalue weighted by molar-refractivity contribution is 5.57. The Labute approximate surface area is 137 Å². The number of nitrogens with one attached hydrogen (secondary N) is 3. The van der Waals surface area contributed by atoms with E-state index in [0.717, 1.165) is 44.1 Å². The Balaban J connectivity index is 1.58. The molecule has 2 aromatic rings. The third-order valence-corrected chi connectivity index (χ3v) is 3.43. The molecule has 0 aliphatic rings. The van der Waals surface area contributed by atoms with E-state index in [9.17, 15) is 0 Å².